The second-order valence-corrected chi connectivity index (χ2v) is 4.49. The third-order valence-electron chi connectivity index (χ3n) is 1.83. The van der Waals surface area contributed by atoms with Gasteiger partial charge in [0.25, 0.3) is 0 Å². The van der Waals surface area contributed by atoms with E-state index in [1.54, 1.807) is 0 Å². The molecule has 5 nitrogen and oxygen atoms in total. The number of nitro groups is 1. The Hall–Kier alpha value is -0.200. The number of halogens is 1. The summed E-state index contributed by atoms with van der Waals surface area (Å²) in [7, 11) is 0. The Kier molecular flexibility index (Phi) is 3.63. The molecule has 0 amide bonds. The maximum atomic E-state index is 10.5. The van der Waals surface area contributed by atoms with E-state index in [9.17, 15) is 10.1 Å². The van der Waals surface area contributed by atoms with E-state index in [0.29, 0.717) is 0 Å². The number of nitrogens with zero attached hydrogens (tertiary/aromatic N) is 1. The van der Waals surface area contributed by atoms with Crippen LogP contribution in [0.4, 0.5) is 0 Å². The normalized spacial score (nSPS) is 34.5. The zero-order valence-corrected chi connectivity index (χ0v) is 8.95. The van der Waals surface area contributed by atoms with Crippen molar-refractivity contribution in [2.75, 3.05) is 13.2 Å². The molecule has 1 saturated heterocycles. The van der Waals surface area contributed by atoms with Crippen LogP contribution in [0.25, 0.3) is 0 Å². The molecule has 1 rings (SSSR count). The Morgan fingerprint density at radius 3 is 2.54 bits per heavy atom. The van der Waals surface area contributed by atoms with Crippen LogP contribution in [0.1, 0.15) is 19.8 Å². The van der Waals surface area contributed by atoms with Gasteiger partial charge in [-0.15, -0.1) is 0 Å². The molecule has 13 heavy (non-hydrogen) atoms. The van der Waals surface area contributed by atoms with Crippen molar-refractivity contribution in [2.45, 2.75) is 30.5 Å². The molecule has 0 aromatic heterocycles. The van der Waals surface area contributed by atoms with Crippen LogP contribution < -0.4 is 0 Å². The molecule has 0 unspecified atom stereocenters. The first-order valence-electron chi connectivity index (χ1n) is 4.15. The molecule has 1 aliphatic heterocycles. The summed E-state index contributed by atoms with van der Waals surface area (Å²) >= 11 is 2.99. The lowest BCUT2D eigenvalue weighted by Gasteiger charge is -2.29. The van der Waals surface area contributed by atoms with Gasteiger partial charge in [-0.1, -0.05) is 13.3 Å². The molecule has 0 radical (unpaired) electrons. The molecule has 1 aliphatic rings. The molecule has 1 fully saturated rings. The number of hydrogen-bond acceptors (Lipinski definition) is 4. The maximum absolute atomic E-state index is 10.5. The van der Waals surface area contributed by atoms with Crippen LogP contribution in [-0.2, 0) is 9.47 Å². The summed E-state index contributed by atoms with van der Waals surface area (Å²) in [6.07, 6.45) is 1.44. The first kappa shape index (κ1) is 10.9. The highest BCUT2D eigenvalue weighted by molar-refractivity contribution is 9.10. The monoisotopic (exact) mass is 253 g/mol. The Morgan fingerprint density at radius 2 is 2.15 bits per heavy atom. The van der Waals surface area contributed by atoms with Crippen LogP contribution in [0.2, 0.25) is 0 Å². The van der Waals surface area contributed by atoms with E-state index in [4.69, 9.17) is 9.47 Å². The zero-order chi connectivity index (χ0) is 9.90. The summed E-state index contributed by atoms with van der Waals surface area (Å²) < 4.78 is 9.12. The SMILES string of the molecule is CCCC1OCC(Br)([N+](=O)[O-])CO1. The van der Waals surface area contributed by atoms with E-state index >= 15 is 0 Å². The van der Waals surface area contributed by atoms with Crippen molar-refractivity contribution in [1.82, 2.24) is 0 Å². The summed E-state index contributed by atoms with van der Waals surface area (Å²) in [4.78, 5) is 10.1. The van der Waals surface area contributed by atoms with Crippen LogP contribution in [0.15, 0.2) is 0 Å². The molecular formula is C7H12BrNO4. The number of ether oxygens (including phenoxy) is 2. The molecule has 6 heteroatoms. The second-order valence-electron chi connectivity index (χ2n) is 3.02. The summed E-state index contributed by atoms with van der Waals surface area (Å²) in [6.45, 7) is 2.13. The van der Waals surface area contributed by atoms with E-state index in [2.05, 4.69) is 15.9 Å². The van der Waals surface area contributed by atoms with Crippen LogP contribution >= 0.6 is 15.9 Å². The lowest BCUT2D eigenvalue weighted by molar-refractivity contribution is -0.556. The molecule has 0 bridgehead atoms. The van der Waals surface area contributed by atoms with E-state index in [-0.39, 0.29) is 19.5 Å². The smallest absolute Gasteiger partial charge is 0.320 e. The molecule has 0 N–H and O–H groups in total. The average molecular weight is 254 g/mol. The summed E-state index contributed by atoms with van der Waals surface area (Å²) in [5.41, 5.74) is 0. The topological polar surface area (TPSA) is 61.6 Å². The predicted octanol–water partition coefficient (Wildman–Crippen LogP) is 1.53. The Bertz CT molecular complexity index is 191. The molecular weight excluding hydrogens is 242 g/mol. The third kappa shape index (κ3) is 2.62. The van der Waals surface area contributed by atoms with Crippen LogP contribution in [0, 0.1) is 10.1 Å². The second kappa shape index (κ2) is 4.34. The minimum atomic E-state index is -1.25. The van der Waals surface area contributed by atoms with Gasteiger partial charge in [-0.3, -0.25) is 10.1 Å². The van der Waals surface area contributed by atoms with Crippen LogP contribution in [0.5, 0.6) is 0 Å². The van der Waals surface area contributed by atoms with E-state index in [1.165, 1.54) is 0 Å². The highest BCUT2D eigenvalue weighted by Gasteiger charge is 2.45. The van der Waals surface area contributed by atoms with Gasteiger partial charge in [-0.2, -0.15) is 0 Å². The molecule has 0 saturated carbocycles. The highest BCUT2D eigenvalue weighted by Crippen LogP contribution is 2.26. The molecule has 0 atom stereocenters. The largest absolute Gasteiger partial charge is 0.344 e. The third-order valence-corrected chi connectivity index (χ3v) is 2.58. The van der Waals surface area contributed by atoms with Gasteiger partial charge >= 0.3 is 4.45 Å². The van der Waals surface area contributed by atoms with Crippen molar-refractivity contribution in [3.05, 3.63) is 10.1 Å². The van der Waals surface area contributed by atoms with Gasteiger partial charge in [0.1, 0.15) is 13.2 Å². The lowest BCUT2D eigenvalue weighted by atomic mass is 10.3. The molecule has 0 aromatic rings. The number of alkyl halides is 1. The van der Waals surface area contributed by atoms with Gasteiger partial charge in [-0.25, -0.2) is 0 Å². The fraction of sp³-hybridized carbons (Fsp3) is 1.00. The Labute approximate surface area is 84.7 Å². The minimum absolute atomic E-state index is 0.0602. The van der Waals surface area contributed by atoms with Gasteiger partial charge in [0, 0.05) is 20.9 Å². The van der Waals surface area contributed by atoms with Gasteiger partial charge in [0.15, 0.2) is 6.29 Å². The van der Waals surface area contributed by atoms with Crippen LogP contribution in [-0.4, -0.2) is 28.9 Å². The first-order valence-corrected chi connectivity index (χ1v) is 4.94. The predicted molar refractivity (Wildman–Crippen MR) is 49.3 cm³/mol. The summed E-state index contributed by atoms with van der Waals surface area (Å²) in [5, 5.41) is 10.5. The van der Waals surface area contributed by atoms with Crippen molar-refractivity contribution >= 4 is 15.9 Å². The molecule has 0 aromatic carbocycles. The van der Waals surface area contributed by atoms with Crippen molar-refractivity contribution in [3.63, 3.8) is 0 Å². The van der Waals surface area contributed by atoms with Crippen LogP contribution in [0.3, 0.4) is 0 Å². The van der Waals surface area contributed by atoms with Crippen molar-refractivity contribution < 1.29 is 14.4 Å². The maximum Gasteiger partial charge on any atom is 0.320 e. The first-order chi connectivity index (χ1) is 6.08. The fourth-order valence-electron chi connectivity index (χ4n) is 1.04. The van der Waals surface area contributed by atoms with Gasteiger partial charge in [-0.05, 0) is 6.42 Å². The lowest BCUT2D eigenvalue weighted by Crippen LogP contribution is -2.48. The number of hydrogen-bond donors (Lipinski definition) is 0. The quantitative estimate of drug-likeness (QED) is 0.331. The highest BCUT2D eigenvalue weighted by atomic mass is 79.9. The van der Waals surface area contributed by atoms with Gasteiger partial charge < -0.3 is 9.47 Å². The minimum Gasteiger partial charge on any atom is -0.344 e. The number of rotatable bonds is 3. The fourth-order valence-corrected chi connectivity index (χ4v) is 1.30. The van der Waals surface area contributed by atoms with E-state index < -0.39 is 9.37 Å². The van der Waals surface area contributed by atoms with Crippen molar-refractivity contribution in [1.29, 1.82) is 0 Å². The average Bonchev–Trinajstić information content (AvgIpc) is 2.09. The van der Waals surface area contributed by atoms with Gasteiger partial charge in [0.05, 0.1) is 0 Å². The van der Waals surface area contributed by atoms with E-state index in [0.717, 1.165) is 12.8 Å². The Morgan fingerprint density at radius 1 is 1.62 bits per heavy atom. The summed E-state index contributed by atoms with van der Waals surface area (Å²) in [6, 6.07) is 0. The molecule has 0 aliphatic carbocycles. The van der Waals surface area contributed by atoms with Gasteiger partial charge in [0.2, 0.25) is 0 Å². The van der Waals surface area contributed by atoms with Crippen molar-refractivity contribution in [2.24, 2.45) is 0 Å². The standard InChI is InChI=1S/C7H12BrNO4/c1-2-3-6-12-4-7(8,5-13-6)9(10)11/h6H,2-5H2,1H3. The van der Waals surface area contributed by atoms with E-state index in [1.807, 2.05) is 6.92 Å². The zero-order valence-electron chi connectivity index (χ0n) is 7.36. The van der Waals surface area contributed by atoms with Crippen molar-refractivity contribution in [3.8, 4) is 0 Å². The molecule has 0 spiro atoms. The summed E-state index contributed by atoms with van der Waals surface area (Å²) in [5.74, 6) is 0. The molecule has 1 heterocycles. The Balaban J connectivity index is 2.42. The molecule has 76 valence electrons.